The fourth-order valence-electron chi connectivity index (χ4n) is 1.37. The first-order valence-corrected chi connectivity index (χ1v) is 6.34. The highest BCUT2D eigenvalue weighted by molar-refractivity contribution is 5.42. The summed E-state index contributed by atoms with van der Waals surface area (Å²) >= 11 is 0. The number of aliphatic hydroxyl groups is 1. The monoisotopic (exact) mass is 254 g/mol. The van der Waals surface area contributed by atoms with Crippen molar-refractivity contribution in [2.45, 2.75) is 33.2 Å². The maximum absolute atomic E-state index is 9.17. The fraction of sp³-hybridized carbons (Fsp3) is 0.727. The summed E-state index contributed by atoms with van der Waals surface area (Å²) in [6, 6.07) is -0.0450. The van der Waals surface area contributed by atoms with E-state index in [2.05, 4.69) is 30.9 Å². The Labute approximate surface area is 107 Å². The molecule has 0 spiro atoms. The molecule has 0 unspecified atom stereocenters. The van der Waals surface area contributed by atoms with Crippen molar-refractivity contribution in [3.05, 3.63) is 0 Å². The summed E-state index contributed by atoms with van der Waals surface area (Å²) in [5, 5.41) is 18.4. The van der Waals surface area contributed by atoms with Gasteiger partial charge in [0.05, 0.1) is 12.6 Å². The Balaban J connectivity index is 2.87. The third-order valence-corrected chi connectivity index (χ3v) is 2.35. The second-order valence-corrected chi connectivity index (χ2v) is 3.80. The van der Waals surface area contributed by atoms with Crippen molar-refractivity contribution in [2.24, 2.45) is 0 Å². The third-order valence-electron chi connectivity index (χ3n) is 2.35. The Morgan fingerprint density at radius 3 is 1.83 bits per heavy atom. The average Bonchev–Trinajstić information content (AvgIpc) is 2.36. The minimum atomic E-state index is -0.0450. The van der Waals surface area contributed by atoms with E-state index in [-0.39, 0.29) is 12.6 Å². The lowest BCUT2D eigenvalue weighted by Gasteiger charge is -2.15. The van der Waals surface area contributed by atoms with Gasteiger partial charge in [-0.3, -0.25) is 0 Å². The molecule has 7 nitrogen and oxygen atoms in total. The predicted molar refractivity (Wildman–Crippen MR) is 72.9 cm³/mol. The highest BCUT2D eigenvalue weighted by Gasteiger charge is 2.09. The molecule has 0 fully saturated rings. The van der Waals surface area contributed by atoms with Crippen molar-refractivity contribution in [1.29, 1.82) is 0 Å². The molecule has 0 bridgehead atoms. The van der Waals surface area contributed by atoms with Crippen LogP contribution >= 0.6 is 0 Å². The maximum Gasteiger partial charge on any atom is 0.229 e. The number of aromatic nitrogens is 3. The van der Waals surface area contributed by atoms with Crippen LogP contribution in [0.1, 0.15) is 27.2 Å². The van der Waals surface area contributed by atoms with Gasteiger partial charge in [-0.1, -0.05) is 6.92 Å². The van der Waals surface area contributed by atoms with E-state index < -0.39 is 0 Å². The van der Waals surface area contributed by atoms with E-state index in [0.29, 0.717) is 17.8 Å². The Bertz CT molecular complexity index is 331. The first-order chi connectivity index (χ1) is 8.73. The van der Waals surface area contributed by atoms with E-state index >= 15 is 0 Å². The van der Waals surface area contributed by atoms with Crippen LogP contribution in [0.2, 0.25) is 0 Å². The number of aliphatic hydroxyl groups excluding tert-OH is 1. The minimum absolute atomic E-state index is 0.0450. The molecule has 18 heavy (non-hydrogen) atoms. The lowest BCUT2D eigenvalue weighted by atomic mass is 10.2. The molecule has 1 aromatic heterocycles. The fourth-order valence-corrected chi connectivity index (χ4v) is 1.37. The van der Waals surface area contributed by atoms with Crippen LogP contribution < -0.4 is 16.0 Å². The van der Waals surface area contributed by atoms with Crippen molar-refractivity contribution in [3.8, 4) is 0 Å². The van der Waals surface area contributed by atoms with Crippen LogP contribution in [0.3, 0.4) is 0 Å². The molecule has 0 aliphatic rings. The number of rotatable bonds is 8. The second kappa shape index (κ2) is 7.65. The molecule has 0 aliphatic heterocycles. The summed E-state index contributed by atoms with van der Waals surface area (Å²) in [6.45, 7) is 7.48. The zero-order chi connectivity index (χ0) is 13.4. The summed E-state index contributed by atoms with van der Waals surface area (Å²) < 4.78 is 0. The number of nitrogens with one attached hydrogen (secondary N) is 3. The Morgan fingerprint density at radius 2 is 1.44 bits per heavy atom. The third kappa shape index (κ3) is 4.33. The normalized spacial score (nSPS) is 12.0. The first kappa shape index (κ1) is 14.4. The standard InChI is InChI=1S/C11H22N6O/c1-4-8(7-18)14-11-16-9(12-5-2)15-10(17-11)13-6-3/h8,18H,4-7H2,1-3H3,(H3,12,13,14,15,16,17)/t8-/m1/s1. The van der Waals surface area contributed by atoms with E-state index in [9.17, 15) is 0 Å². The van der Waals surface area contributed by atoms with E-state index in [0.717, 1.165) is 19.5 Å². The second-order valence-electron chi connectivity index (χ2n) is 3.80. The summed E-state index contributed by atoms with van der Waals surface area (Å²) in [5.74, 6) is 1.52. The molecule has 1 heterocycles. The van der Waals surface area contributed by atoms with Gasteiger partial charge in [0, 0.05) is 13.1 Å². The number of hydrogen-bond acceptors (Lipinski definition) is 7. The zero-order valence-electron chi connectivity index (χ0n) is 11.2. The molecule has 0 amide bonds. The largest absolute Gasteiger partial charge is 0.394 e. The molecule has 0 saturated heterocycles. The van der Waals surface area contributed by atoms with Crippen LogP contribution in [0, 0.1) is 0 Å². The van der Waals surface area contributed by atoms with Gasteiger partial charge in [-0.05, 0) is 20.3 Å². The van der Waals surface area contributed by atoms with Gasteiger partial charge in [0.1, 0.15) is 0 Å². The van der Waals surface area contributed by atoms with Gasteiger partial charge < -0.3 is 21.1 Å². The molecule has 1 atom stereocenters. The van der Waals surface area contributed by atoms with Gasteiger partial charge in [-0.25, -0.2) is 0 Å². The molecule has 0 saturated carbocycles. The summed E-state index contributed by atoms with van der Waals surface area (Å²) in [4.78, 5) is 12.7. The number of nitrogens with zero attached hydrogens (tertiary/aromatic N) is 3. The van der Waals surface area contributed by atoms with E-state index in [1.54, 1.807) is 0 Å². The van der Waals surface area contributed by atoms with E-state index in [4.69, 9.17) is 5.11 Å². The van der Waals surface area contributed by atoms with Crippen LogP contribution in [-0.2, 0) is 0 Å². The maximum atomic E-state index is 9.17. The van der Waals surface area contributed by atoms with Gasteiger partial charge in [0.25, 0.3) is 0 Å². The van der Waals surface area contributed by atoms with Crippen molar-refractivity contribution >= 4 is 17.8 Å². The van der Waals surface area contributed by atoms with Gasteiger partial charge in [-0.2, -0.15) is 15.0 Å². The van der Waals surface area contributed by atoms with Crippen LogP contribution in [-0.4, -0.2) is 45.8 Å². The molecule has 0 aliphatic carbocycles. The van der Waals surface area contributed by atoms with Crippen LogP contribution in [0.5, 0.6) is 0 Å². The molecule has 0 aromatic carbocycles. The van der Waals surface area contributed by atoms with Crippen molar-refractivity contribution < 1.29 is 5.11 Å². The van der Waals surface area contributed by atoms with E-state index in [1.165, 1.54) is 0 Å². The van der Waals surface area contributed by atoms with Crippen molar-refractivity contribution in [2.75, 3.05) is 35.6 Å². The molecular weight excluding hydrogens is 232 g/mol. The smallest absolute Gasteiger partial charge is 0.229 e. The van der Waals surface area contributed by atoms with Gasteiger partial charge >= 0.3 is 0 Å². The van der Waals surface area contributed by atoms with Crippen molar-refractivity contribution in [1.82, 2.24) is 15.0 Å². The van der Waals surface area contributed by atoms with Crippen LogP contribution in [0.15, 0.2) is 0 Å². The molecule has 1 rings (SSSR count). The Morgan fingerprint density at radius 1 is 0.944 bits per heavy atom. The molecule has 0 radical (unpaired) electrons. The van der Waals surface area contributed by atoms with Crippen LogP contribution in [0.25, 0.3) is 0 Å². The van der Waals surface area contributed by atoms with Crippen LogP contribution in [0.4, 0.5) is 17.8 Å². The SMILES string of the molecule is CCNc1nc(NCC)nc(N[C@H](CC)CO)n1. The summed E-state index contributed by atoms with van der Waals surface area (Å²) in [7, 11) is 0. The predicted octanol–water partition coefficient (Wildman–Crippen LogP) is 0.918. The van der Waals surface area contributed by atoms with Gasteiger partial charge in [0.2, 0.25) is 17.8 Å². The van der Waals surface area contributed by atoms with E-state index in [1.807, 2.05) is 20.8 Å². The lowest BCUT2D eigenvalue weighted by Crippen LogP contribution is -2.24. The zero-order valence-corrected chi connectivity index (χ0v) is 11.2. The topological polar surface area (TPSA) is 95.0 Å². The minimum Gasteiger partial charge on any atom is -0.394 e. The average molecular weight is 254 g/mol. The van der Waals surface area contributed by atoms with Gasteiger partial charge in [0.15, 0.2) is 0 Å². The molecule has 7 heteroatoms. The molecular formula is C11H22N6O. The summed E-state index contributed by atoms with van der Waals surface area (Å²) in [6.07, 6.45) is 0.801. The Kier molecular flexibility index (Phi) is 6.13. The first-order valence-electron chi connectivity index (χ1n) is 6.34. The molecule has 102 valence electrons. The highest BCUT2D eigenvalue weighted by atomic mass is 16.3. The summed E-state index contributed by atoms with van der Waals surface area (Å²) in [5.41, 5.74) is 0. The quantitative estimate of drug-likeness (QED) is 0.548. The number of hydrogen-bond donors (Lipinski definition) is 4. The number of anilines is 3. The highest BCUT2D eigenvalue weighted by Crippen LogP contribution is 2.10. The lowest BCUT2D eigenvalue weighted by molar-refractivity contribution is 0.271. The molecule has 4 N–H and O–H groups in total. The molecule has 1 aromatic rings. The van der Waals surface area contributed by atoms with Crippen molar-refractivity contribution in [3.63, 3.8) is 0 Å². The van der Waals surface area contributed by atoms with Gasteiger partial charge in [-0.15, -0.1) is 0 Å². The Hall–Kier alpha value is -1.63.